The zero-order chi connectivity index (χ0) is 34.7. The highest BCUT2D eigenvalue weighted by Gasteiger charge is 2.47. The monoisotopic (exact) mass is 665 g/mol. The zero-order valence-electron chi connectivity index (χ0n) is 28.8. The lowest BCUT2D eigenvalue weighted by atomic mass is 9.67. The summed E-state index contributed by atoms with van der Waals surface area (Å²) in [5, 5.41) is 19.0. The van der Waals surface area contributed by atoms with E-state index >= 15 is 0 Å². The van der Waals surface area contributed by atoms with Crippen LogP contribution in [0.3, 0.4) is 0 Å². The number of nitrogens with zero attached hydrogens (tertiary/aromatic N) is 4. The van der Waals surface area contributed by atoms with Crippen molar-refractivity contribution < 1.29 is 14.1 Å². The van der Waals surface area contributed by atoms with Crippen molar-refractivity contribution in [3.05, 3.63) is 92.7 Å². The quantitative estimate of drug-likeness (QED) is 0.292. The Balaban J connectivity index is 1.53. The molecule has 2 aromatic carbocycles. The minimum Gasteiger partial charge on any atom is -0.388 e. The summed E-state index contributed by atoms with van der Waals surface area (Å²) in [6.07, 6.45) is 8.32. The SMILES string of the molecule is C=C(NC)c1ccc2c(c1)CCc1cc(C(=O)NC)ccc1C2(C[C@H](C)NCC(=O)N1CCCC1C#N)c1nc(=O)on1C1CCCCC1. The van der Waals surface area contributed by atoms with Crippen molar-refractivity contribution in [1.29, 1.82) is 5.26 Å². The first-order valence-corrected chi connectivity index (χ1v) is 17.6. The van der Waals surface area contributed by atoms with Crippen molar-refractivity contribution in [2.24, 2.45) is 0 Å². The third kappa shape index (κ3) is 6.54. The molecule has 11 heteroatoms. The summed E-state index contributed by atoms with van der Waals surface area (Å²) in [5.74, 6) is -0.361. The molecule has 3 atom stereocenters. The Morgan fingerprint density at radius 3 is 2.35 bits per heavy atom. The third-order valence-electron chi connectivity index (χ3n) is 10.7. The van der Waals surface area contributed by atoms with Gasteiger partial charge in [-0.2, -0.15) is 15.0 Å². The topological polar surface area (TPSA) is 145 Å². The summed E-state index contributed by atoms with van der Waals surface area (Å²) in [6.45, 7) is 6.92. The van der Waals surface area contributed by atoms with E-state index in [2.05, 4.69) is 46.8 Å². The Kier molecular flexibility index (Phi) is 10.1. The lowest BCUT2D eigenvalue weighted by Gasteiger charge is -2.39. The number of benzene rings is 2. The van der Waals surface area contributed by atoms with Crippen LogP contribution >= 0.6 is 0 Å². The van der Waals surface area contributed by atoms with Crippen molar-refractivity contribution in [3.8, 4) is 6.07 Å². The number of hydrogen-bond acceptors (Lipinski definition) is 8. The summed E-state index contributed by atoms with van der Waals surface area (Å²) in [4.78, 5) is 45.8. The Hall–Kier alpha value is -4.69. The molecule has 2 heterocycles. The highest BCUT2D eigenvalue weighted by Crippen LogP contribution is 2.49. The molecule has 0 spiro atoms. The van der Waals surface area contributed by atoms with Crippen LogP contribution in [0.5, 0.6) is 0 Å². The van der Waals surface area contributed by atoms with Gasteiger partial charge in [-0.3, -0.25) is 9.59 Å². The van der Waals surface area contributed by atoms with Gasteiger partial charge in [-0.15, -0.1) is 0 Å². The molecular formula is C38H47N7O4. The molecule has 2 unspecified atom stereocenters. The first-order chi connectivity index (χ1) is 23.7. The van der Waals surface area contributed by atoms with E-state index in [1.54, 1.807) is 16.7 Å². The lowest BCUT2D eigenvalue weighted by molar-refractivity contribution is -0.130. The van der Waals surface area contributed by atoms with E-state index in [0.717, 1.165) is 72.0 Å². The van der Waals surface area contributed by atoms with E-state index in [9.17, 15) is 19.6 Å². The summed E-state index contributed by atoms with van der Waals surface area (Å²) in [6, 6.07) is 13.8. The molecule has 11 nitrogen and oxygen atoms in total. The van der Waals surface area contributed by atoms with Crippen molar-refractivity contribution in [3.63, 3.8) is 0 Å². The van der Waals surface area contributed by atoms with Crippen LogP contribution in [-0.4, -0.2) is 65.7 Å². The smallest absolute Gasteiger partial charge is 0.388 e. The predicted octanol–water partition coefficient (Wildman–Crippen LogP) is 4.21. The van der Waals surface area contributed by atoms with Gasteiger partial charge < -0.3 is 25.4 Å². The van der Waals surface area contributed by atoms with E-state index in [4.69, 9.17) is 9.51 Å². The average Bonchev–Trinajstić information content (AvgIpc) is 3.75. The molecule has 3 aromatic rings. The van der Waals surface area contributed by atoms with Crippen LogP contribution < -0.4 is 21.7 Å². The molecule has 3 N–H and O–H groups in total. The van der Waals surface area contributed by atoms with Crippen LogP contribution in [0.15, 0.2) is 52.3 Å². The molecule has 2 aliphatic carbocycles. The Morgan fingerprint density at radius 1 is 1.02 bits per heavy atom. The van der Waals surface area contributed by atoms with Crippen LogP contribution in [0.2, 0.25) is 0 Å². The van der Waals surface area contributed by atoms with Crippen LogP contribution in [-0.2, 0) is 23.1 Å². The highest BCUT2D eigenvalue weighted by molar-refractivity contribution is 5.94. The molecule has 6 rings (SSSR count). The normalized spacial score (nSPS) is 21.2. The van der Waals surface area contributed by atoms with E-state index < -0.39 is 17.2 Å². The summed E-state index contributed by atoms with van der Waals surface area (Å²) in [5.41, 5.74) is 5.40. The molecule has 0 bridgehead atoms. The number of nitriles is 1. The van der Waals surface area contributed by atoms with E-state index in [-0.39, 0.29) is 30.4 Å². The largest absolute Gasteiger partial charge is 0.459 e. The van der Waals surface area contributed by atoms with Gasteiger partial charge in [0.25, 0.3) is 5.91 Å². The predicted molar refractivity (Wildman–Crippen MR) is 187 cm³/mol. The van der Waals surface area contributed by atoms with Gasteiger partial charge in [0.05, 0.1) is 24.1 Å². The van der Waals surface area contributed by atoms with Gasteiger partial charge in [0, 0.05) is 37.9 Å². The third-order valence-corrected chi connectivity index (χ3v) is 10.7. The van der Waals surface area contributed by atoms with Crippen LogP contribution in [0.4, 0.5) is 0 Å². The lowest BCUT2D eigenvalue weighted by Crippen LogP contribution is -2.46. The summed E-state index contributed by atoms with van der Waals surface area (Å²) < 4.78 is 7.77. The number of nitrogens with one attached hydrogen (secondary N) is 3. The number of hydrogen-bond donors (Lipinski definition) is 3. The Morgan fingerprint density at radius 2 is 1.69 bits per heavy atom. The van der Waals surface area contributed by atoms with Gasteiger partial charge in [-0.1, -0.05) is 44.0 Å². The molecule has 258 valence electrons. The summed E-state index contributed by atoms with van der Waals surface area (Å²) in [7, 11) is 3.47. The van der Waals surface area contributed by atoms with E-state index in [0.29, 0.717) is 43.6 Å². The molecule has 3 aliphatic rings. The zero-order valence-corrected chi connectivity index (χ0v) is 28.8. The van der Waals surface area contributed by atoms with Crippen LogP contribution in [0, 0.1) is 11.3 Å². The van der Waals surface area contributed by atoms with Gasteiger partial charge in [0.1, 0.15) is 6.04 Å². The minimum atomic E-state index is -0.968. The summed E-state index contributed by atoms with van der Waals surface area (Å²) >= 11 is 0. The maximum Gasteiger partial charge on any atom is 0.459 e. The molecule has 0 radical (unpaired) electrons. The van der Waals surface area contributed by atoms with Gasteiger partial charge in [0.15, 0.2) is 5.82 Å². The number of carbonyl (C=O) groups excluding carboxylic acids is 2. The van der Waals surface area contributed by atoms with Gasteiger partial charge >= 0.3 is 5.76 Å². The molecule has 1 aliphatic heterocycles. The van der Waals surface area contributed by atoms with Gasteiger partial charge in [0.2, 0.25) is 5.91 Å². The number of fused-ring (bicyclic) bond motifs is 2. The Labute approximate surface area is 287 Å². The minimum absolute atomic E-state index is 0.0117. The second-order valence-corrected chi connectivity index (χ2v) is 13.7. The maximum absolute atomic E-state index is 13.3. The molecule has 2 amide bonds. The number of amides is 2. The number of likely N-dealkylation sites (tertiary alicyclic amines) is 1. The van der Waals surface area contributed by atoms with E-state index in [1.807, 2.05) is 32.2 Å². The van der Waals surface area contributed by atoms with Crippen LogP contribution in [0.25, 0.3) is 5.70 Å². The number of rotatable bonds is 10. The first-order valence-electron chi connectivity index (χ1n) is 17.6. The number of carbonyl (C=O) groups is 2. The van der Waals surface area contributed by atoms with Gasteiger partial charge in [-0.05, 0) is 97.9 Å². The number of aryl methyl sites for hydroxylation is 2. The molecule has 1 aromatic heterocycles. The van der Waals surface area contributed by atoms with Crippen molar-refractivity contribution in [2.75, 3.05) is 27.2 Å². The maximum atomic E-state index is 13.3. The average molecular weight is 666 g/mol. The van der Waals surface area contributed by atoms with E-state index in [1.165, 1.54) is 0 Å². The first kappa shape index (κ1) is 34.2. The van der Waals surface area contributed by atoms with Crippen molar-refractivity contribution >= 4 is 17.5 Å². The van der Waals surface area contributed by atoms with Crippen LogP contribution in [0.1, 0.15) is 108 Å². The van der Waals surface area contributed by atoms with Gasteiger partial charge in [-0.25, -0.2) is 4.79 Å². The molecule has 49 heavy (non-hydrogen) atoms. The molecular weight excluding hydrogens is 618 g/mol. The highest BCUT2D eigenvalue weighted by atomic mass is 16.5. The molecule has 1 saturated heterocycles. The van der Waals surface area contributed by atoms with Crippen molar-refractivity contribution in [1.82, 2.24) is 30.6 Å². The molecule has 2 fully saturated rings. The second kappa shape index (κ2) is 14.4. The molecule has 1 saturated carbocycles. The standard InChI is InChI=1S/C38H47N7O4/c1-24(42-23-34(46)44-18-8-11-31(44)22-39)21-38(36-43-37(48)49-45(36)30-9-6-5-7-10-30)32-16-14-26(25(2)40-3)19-27(32)12-13-28-20-29(35(47)41-4)15-17-33(28)38/h14-17,19-20,24,30-31,40,42H,2,5-13,18,21,23H2,1,3-4H3,(H,41,47)/t24-,31?,38?/m0/s1. The fourth-order valence-corrected chi connectivity index (χ4v) is 8.24. The van der Waals surface area contributed by atoms with Crippen molar-refractivity contribution in [2.45, 2.75) is 94.7 Å². The second-order valence-electron chi connectivity index (χ2n) is 13.7. The Bertz CT molecular complexity index is 1760. The fourth-order valence-electron chi connectivity index (χ4n) is 8.24. The number of aromatic nitrogens is 2. The fraction of sp³-hybridized carbons (Fsp3) is 0.500.